The van der Waals surface area contributed by atoms with Gasteiger partial charge in [-0.3, -0.25) is 0 Å². The lowest BCUT2D eigenvalue weighted by Crippen LogP contribution is -2.24. The summed E-state index contributed by atoms with van der Waals surface area (Å²) in [4.78, 5) is 0. The molecule has 1 unspecified atom stereocenters. The summed E-state index contributed by atoms with van der Waals surface area (Å²) < 4.78 is 7.63. The zero-order valence-electron chi connectivity index (χ0n) is 12.1. The third-order valence-electron chi connectivity index (χ3n) is 3.74. The highest BCUT2D eigenvalue weighted by atomic mass is 16.5. The van der Waals surface area contributed by atoms with Crippen molar-refractivity contribution >= 4 is 5.82 Å². The molecule has 4 nitrogen and oxygen atoms in total. The first-order valence-electron chi connectivity index (χ1n) is 7.37. The Hall–Kier alpha value is -1.97. The minimum Gasteiger partial charge on any atom is -0.494 e. The average molecular weight is 271 g/mol. The van der Waals surface area contributed by atoms with Crippen molar-refractivity contribution in [2.75, 3.05) is 18.5 Å². The van der Waals surface area contributed by atoms with Crippen LogP contribution in [0.1, 0.15) is 37.6 Å². The molecule has 1 atom stereocenters. The van der Waals surface area contributed by atoms with Gasteiger partial charge in [-0.2, -0.15) is 5.10 Å². The van der Waals surface area contributed by atoms with Crippen LogP contribution >= 0.6 is 0 Å². The quantitative estimate of drug-likeness (QED) is 0.927. The van der Waals surface area contributed by atoms with E-state index in [0.29, 0.717) is 12.6 Å². The minimum atomic E-state index is 0.322. The molecule has 1 aromatic carbocycles. The number of nitrogens with zero attached hydrogens (tertiary/aromatic N) is 2. The Morgan fingerprint density at radius 1 is 1.30 bits per heavy atom. The Labute approximate surface area is 119 Å². The number of benzene rings is 1. The SMILES string of the molecule is CCOc1ccc(C2CCNc3cc(CC)nn32)cc1. The highest BCUT2D eigenvalue weighted by Crippen LogP contribution is 2.30. The average Bonchev–Trinajstić information content (AvgIpc) is 2.91. The number of ether oxygens (including phenoxy) is 1. The lowest BCUT2D eigenvalue weighted by atomic mass is 10.0. The van der Waals surface area contributed by atoms with Crippen LogP contribution in [0, 0.1) is 0 Å². The van der Waals surface area contributed by atoms with Gasteiger partial charge in [0.15, 0.2) is 0 Å². The zero-order chi connectivity index (χ0) is 13.9. The molecule has 0 fully saturated rings. The van der Waals surface area contributed by atoms with E-state index in [1.54, 1.807) is 0 Å². The van der Waals surface area contributed by atoms with Crippen molar-refractivity contribution in [3.8, 4) is 5.75 Å². The zero-order valence-corrected chi connectivity index (χ0v) is 12.1. The normalized spacial score (nSPS) is 17.4. The second-order valence-corrected chi connectivity index (χ2v) is 5.05. The van der Waals surface area contributed by atoms with Gasteiger partial charge in [0.2, 0.25) is 0 Å². The molecule has 0 radical (unpaired) electrons. The molecule has 1 aliphatic rings. The van der Waals surface area contributed by atoms with Crippen LogP contribution in [0.15, 0.2) is 30.3 Å². The first-order chi connectivity index (χ1) is 9.81. The number of rotatable bonds is 4. The monoisotopic (exact) mass is 271 g/mol. The van der Waals surface area contributed by atoms with Gasteiger partial charge < -0.3 is 10.1 Å². The number of fused-ring (bicyclic) bond motifs is 1. The van der Waals surface area contributed by atoms with Gasteiger partial charge in [-0.25, -0.2) is 4.68 Å². The van der Waals surface area contributed by atoms with Crippen LogP contribution in [0.3, 0.4) is 0 Å². The molecule has 0 aliphatic carbocycles. The van der Waals surface area contributed by atoms with E-state index in [1.165, 1.54) is 5.56 Å². The highest BCUT2D eigenvalue weighted by Gasteiger charge is 2.22. The standard InChI is InChI=1S/C16H21N3O/c1-3-13-11-16-17-10-9-15(19(16)18-13)12-5-7-14(8-6-12)20-4-2/h5-8,11,15,17H,3-4,9-10H2,1-2H3. The molecule has 1 aliphatic heterocycles. The molecule has 0 saturated heterocycles. The van der Waals surface area contributed by atoms with E-state index in [1.807, 2.05) is 19.1 Å². The summed E-state index contributed by atoms with van der Waals surface area (Å²) >= 11 is 0. The fourth-order valence-electron chi connectivity index (χ4n) is 2.71. The van der Waals surface area contributed by atoms with E-state index in [4.69, 9.17) is 9.84 Å². The molecule has 106 valence electrons. The van der Waals surface area contributed by atoms with E-state index in [9.17, 15) is 0 Å². The summed E-state index contributed by atoms with van der Waals surface area (Å²) in [5.74, 6) is 2.06. The number of nitrogens with one attached hydrogen (secondary N) is 1. The van der Waals surface area contributed by atoms with Crippen LogP contribution in [0.25, 0.3) is 0 Å². The van der Waals surface area contributed by atoms with Crippen molar-refractivity contribution in [3.63, 3.8) is 0 Å². The second kappa shape index (κ2) is 5.57. The van der Waals surface area contributed by atoms with Crippen LogP contribution < -0.4 is 10.1 Å². The summed E-state index contributed by atoms with van der Waals surface area (Å²) in [6.45, 7) is 5.84. The van der Waals surface area contributed by atoms with Gasteiger partial charge in [0.1, 0.15) is 11.6 Å². The molecular weight excluding hydrogens is 250 g/mol. The van der Waals surface area contributed by atoms with E-state index in [0.717, 1.165) is 36.6 Å². The lowest BCUT2D eigenvalue weighted by molar-refractivity contribution is 0.340. The van der Waals surface area contributed by atoms with Gasteiger partial charge in [0.25, 0.3) is 0 Å². The van der Waals surface area contributed by atoms with Gasteiger partial charge >= 0.3 is 0 Å². The Morgan fingerprint density at radius 2 is 2.10 bits per heavy atom. The summed E-state index contributed by atoms with van der Waals surface area (Å²) in [6, 6.07) is 10.9. The first kappa shape index (κ1) is 13.0. The fourth-order valence-corrected chi connectivity index (χ4v) is 2.71. The predicted molar refractivity (Wildman–Crippen MR) is 80.5 cm³/mol. The maximum Gasteiger partial charge on any atom is 0.125 e. The maximum absolute atomic E-state index is 5.50. The Balaban J connectivity index is 1.89. The largest absolute Gasteiger partial charge is 0.494 e. The fraction of sp³-hybridized carbons (Fsp3) is 0.438. The Morgan fingerprint density at radius 3 is 2.80 bits per heavy atom. The van der Waals surface area contributed by atoms with Gasteiger partial charge in [-0.05, 0) is 37.5 Å². The Kier molecular flexibility index (Phi) is 3.63. The molecule has 4 heteroatoms. The van der Waals surface area contributed by atoms with Crippen molar-refractivity contribution in [1.82, 2.24) is 9.78 Å². The van der Waals surface area contributed by atoms with Gasteiger partial charge in [-0.1, -0.05) is 19.1 Å². The van der Waals surface area contributed by atoms with Gasteiger partial charge in [0, 0.05) is 12.6 Å². The molecule has 0 amide bonds. The van der Waals surface area contributed by atoms with Crippen LogP contribution in [-0.4, -0.2) is 22.9 Å². The molecule has 20 heavy (non-hydrogen) atoms. The smallest absolute Gasteiger partial charge is 0.125 e. The highest BCUT2D eigenvalue weighted by molar-refractivity contribution is 5.42. The molecule has 2 heterocycles. The molecule has 1 N–H and O–H groups in total. The van der Waals surface area contributed by atoms with Crippen LogP contribution in [-0.2, 0) is 6.42 Å². The summed E-state index contributed by atoms with van der Waals surface area (Å²) in [7, 11) is 0. The number of aromatic nitrogens is 2. The van der Waals surface area contributed by atoms with Crippen molar-refractivity contribution in [2.45, 2.75) is 32.7 Å². The number of anilines is 1. The predicted octanol–water partition coefficient (Wildman–Crippen LogP) is 3.25. The molecule has 0 spiro atoms. The van der Waals surface area contributed by atoms with E-state index in [2.05, 4.69) is 35.1 Å². The van der Waals surface area contributed by atoms with Crippen molar-refractivity contribution in [1.29, 1.82) is 0 Å². The van der Waals surface area contributed by atoms with Crippen molar-refractivity contribution < 1.29 is 4.74 Å². The van der Waals surface area contributed by atoms with E-state index < -0.39 is 0 Å². The van der Waals surface area contributed by atoms with Gasteiger partial charge in [-0.15, -0.1) is 0 Å². The van der Waals surface area contributed by atoms with E-state index in [-0.39, 0.29) is 0 Å². The lowest BCUT2D eigenvalue weighted by Gasteiger charge is -2.26. The van der Waals surface area contributed by atoms with Gasteiger partial charge in [0.05, 0.1) is 18.3 Å². The Bertz CT molecular complexity index is 574. The topological polar surface area (TPSA) is 39.1 Å². The minimum absolute atomic E-state index is 0.322. The number of aryl methyl sites for hydroxylation is 1. The van der Waals surface area contributed by atoms with Crippen molar-refractivity contribution in [3.05, 3.63) is 41.6 Å². The van der Waals surface area contributed by atoms with Crippen LogP contribution in [0.2, 0.25) is 0 Å². The molecule has 3 rings (SSSR count). The summed E-state index contributed by atoms with van der Waals surface area (Å²) in [6.07, 6.45) is 2.03. The number of hydrogen-bond donors (Lipinski definition) is 1. The first-order valence-corrected chi connectivity index (χ1v) is 7.37. The van der Waals surface area contributed by atoms with Crippen LogP contribution in [0.4, 0.5) is 5.82 Å². The van der Waals surface area contributed by atoms with Crippen molar-refractivity contribution in [2.24, 2.45) is 0 Å². The third-order valence-corrected chi connectivity index (χ3v) is 3.74. The molecule has 0 saturated carbocycles. The number of hydrogen-bond acceptors (Lipinski definition) is 3. The van der Waals surface area contributed by atoms with E-state index >= 15 is 0 Å². The molecule has 0 bridgehead atoms. The summed E-state index contributed by atoms with van der Waals surface area (Å²) in [5, 5.41) is 8.13. The molecule has 2 aromatic rings. The molecule has 1 aromatic heterocycles. The summed E-state index contributed by atoms with van der Waals surface area (Å²) in [5.41, 5.74) is 2.44. The molecular formula is C16H21N3O. The third kappa shape index (κ3) is 2.38. The van der Waals surface area contributed by atoms with Crippen LogP contribution in [0.5, 0.6) is 5.75 Å². The maximum atomic E-state index is 5.50. The second-order valence-electron chi connectivity index (χ2n) is 5.05.